The van der Waals surface area contributed by atoms with Gasteiger partial charge in [-0.1, -0.05) is 41.6 Å². The average molecular weight is 459 g/mol. The zero-order chi connectivity index (χ0) is 22.4. The molecule has 1 aromatic heterocycles. The molecule has 0 radical (unpaired) electrons. The summed E-state index contributed by atoms with van der Waals surface area (Å²) in [5.74, 6) is -0.295. The molecule has 0 aliphatic heterocycles. The molecule has 0 bridgehead atoms. The van der Waals surface area contributed by atoms with E-state index in [1.165, 1.54) is 31.0 Å². The summed E-state index contributed by atoms with van der Waals surface area (Å²) in [6.45, 7) is 4.15. The van der Waals surface area contributed by atoms with Crippen LogP contribution in [-0.2, 0) is 16.1 Å². The van der Waals surface area contributed by atoms with E-state index >= 15 is 0 Å². The number of aromatic nitrogens is 3. The van der Waals surface area contributed by atoms with Crippen molar-refractivity contribution in [3.8, 4) is 17.1 Å². The second-order valence-corrected chi connectivity index (χ2v) is 7.60. The van der Waals surface area contributed by atoms with Crippen LogP contribution in [-0.4, -0.2) is 44.6 Å². The highest BCUT2D eigenvalue weighted by atomic mass is 35.5. The van der Waals surface area contributed by atoms with E-state index in [4.69, 9.17) is 11.6 Å². The van der Waals surface area contributed by atoms with E-state index in [-0.39, 0.29) is 28.0 Å². The number of aromatic hydroxyl groups is 1. The molecule has 1 amide bonds. The number of benzene rings is 2. The zero-order valence-electron chi connectivity index (χ0n) is 16.5. The number of thioether (sulfide) groups is 1. The van der Waals surface area contributed by atoms with E-state index in [0.29, 0.717) is 28.8 Å². The van der Waals surface area contributed by atoms with E-state index in [0.717, 1.165) is 0 Å². The van der Waals surface area contributed by atoms with Gasteiger partial charge >= 0.3 is 5.97 Å². The molecule has 0 spiro atoms. The lowest BCUT2D eigenvalue weighted by Crippen LogP contribution is -2.15. The molecule has 0 atom stereocenters. The first-order valence-corrected chi connectivity index (χ1v) is 10.4. The molecule has 0 saturated carbocycles. The van der Waals surface area contributed by atoms with Crippen LogP contribution in [0.4, 0.5) is 5.69 Å². The topological polar surface area (TPSA) is 106 Å². The number of nitrogens with one attached hydrogen (secondary N) is 1. The summed E-state index contributed by atoms with van der Waals surface area (Å²) >= 11 is 7.18. The third-order valence-corrected chi connectivity index (χ3v) is 5.46. The number of para-hydroxylation sites is 1. The van der Waals surface area contributed by atoms with Gasteiger partial charge in [-0.15, -0.1) is 16.8 Å². The van der Waals surface area contributed by atoms with Gasteiger partial charge in [-0.05, 0) is 30.3 Å². The summed E-state index contributed by atoms with van der Waals surface area (Å²) in [6, 6.07) is 11.4. The number of amides is 1. The van der Waals surface area contributed by atoms with Gasteiger partial charge in [0.25, 0.3) is 0 Å². The summed E-state index contributed by atoms with van der Waals surface area (Å²) in [4.78, 5) is 24.2. The Morgan fingerprint density at radius 1 is 1.29 bits per heavy atom. The summed E-state index contributed by atoms with van der Waals surface area (Å²) in [5.41, 5.74) is 1.11. The number of hydrogen-bond acceptors (Lipinski definition) is 7. The lowest BCUT2D eigenvalue weighted by Gasteiger charge is -2.10. The zero-order valence-corrected chi connectivity index (χ0v) is 18.1. The highest BCUT2D eigenvalue weighted by Crippen LogP contribution is 2.30. The number of esters is 1. The number of hydrogen-bond donors (Lipinski definition) is 2. The number of carbonyl (C=O) groups excluding carboxylic acids is 2. The second kappa shape index (κ2) is 10.1. The standard InChI is InChI=1S/C21H19ClN4O4S/c1-3-10-26-19(14-6-4-5-7-17(14)27)24-25-21(26)31-12-18(28)23-13-8-9-16(22)15(11-13)20(29)30-2/h3-9,11,27H,1,10,12H2,2H3,(H,23,28). The van der Waals surface area contributed by atoms with Crippen LogP contribution in [0.1, 0.15) is 10.4 Å². The number of methoxy groups -OCH3 is 1. The van der Waals surface area contributed by atoms with Crippen molar-refractivity contribution >= 4 is 40.9 Å². The minimum atomic E-state index is -0.593. The third kappa shape index (κ3) is 5.25. The van der Waals surface area contributed by atoms with Crippen molar-refractivity contribution in [3.63, 3.8) is 0 Å². The predicted octanol–water partition coefficient (Wildman–Crippen LogP) is 4.01. The first-order valence-electron chi connectivity index (χ1n) is 9.07. The molecular weight excluding hydrogens is 440 g/mol. The monoisotopic (exact) mass is 458 g/mol. The first kappa shape index (κ1) is 22.4. The van der Waals surface area contributed by atoms with E-state index in [9.17, 15) is 14.7 Å². The van der Waals surface area contributed by atoms with E-state index < -0.39 is 5.97 Å². The van der Waals surface area contributed by atoms with E-state index in [1.54, 1.807) is 41.0 Å². The molecule has 160 valence electrons. The fraction of sp³-hybridized carbons (Fsp3) is 0.143. The van der Waals surface area contributed by atoms with Crippen LogP contribution in [0.15, 0.2) is 60.3 Å². The molecule has 2 aromatic carbocycles. The Hall–Kier alpha value is -3.30. The first-order chi connectivity index (χ1) is 14.9. The maximum Gasteiger partial charge on any atom is 0.339 e. The molecule has 0 aliphatic rings. The SMILES string of the molecule is C=CCn1c(SCC(=O)Nc2ccc(Cl)c(C(=O)OC)c2)nnc1-c1ccccc1O. The van der Waals surface area contributed by atoms with Crippen LogP contribution >= 0.6 is 23.4 Å². The molecule has 0 aliphatic carbocycles. The summed E-state index contributed by atoms with van der Waals surface area (Å²) < 4.78 is 6.44. The number of ether oxygens (including phenoxy) is 1. The highest BCUT2D eigenvalue weighted by molar-refractivity contribution is 7.99. The van der Waals surface area contributed by atoms with Crippen molar-refractivity contribution in [2.24, 2.45) is 0 Å². The molecule has 2 N–H and O–H groups in total. The Bertz CT molecular complexity index is 1130. The van der Waals surface area contributed by atoms with Crippen LogP contribution in [0.25, 0.3) is 11.4 Å². The van der Waals surface area contributed by atoms with Gasteiger partial charge in [-0.25, -0.2) is 4.79 Å². The lowest BCUT2D eigenvalue weighted by molar-refractivity contribution is -0.113. The van der Waals surface area contributed by atoms with Gasteiger partial charge in [0, 0.05) is 12.2 Å². The van der Waals surface area contributed by atoms with Crippen LogP contribution < -0.4 is 5.32 Å². The largest absolute Gasteiger partial charge is 0.507 e. The molecule has 0 fully saturated rings. The molecule has 3 aromatic rings. The Kier molecular flexibility index (Phi) is 7.32. The maximum absolute atomic E-state index is 12.4. The second-order valence-electron chi connectivity index (χ2n) is 6.25. The van der Waals surface area contributed by atoms with Crippen molar-refractivity contribution < 1.29 is 19.4 Å². The number of anilines is 1. The smallest absolute Gasteiger partial charge is 0.339 e. The van der Waals surface area contributed by atoms with Gasteiger partial charge in [-0.3, -0.25) is 9.36 Å². The molecule has 3 rings (SSSR count). The Morgan fingerprint density at radius 2 is 2.06 bits per heavy atom. The van der Waals surface area contributed by atoms with Gasteiger partial charge in [0.1, 0.15) is 5.75 Å². The van der Waals surface area contributed by atoms with Crippen molar-refractivity contribution in [3.05, 3.63) is 65.7 Å². The fourth-order valence-electron chi connectivity index (χ4n) is 2.75. The summed E-state index contributed by atoms with van der Waals surface area (Å²) in [5, 5.41) is 21.9. The number of nitrogens with zero attached hydrogens (tertiary/aromatic N) is 3. The molecule has 1 heterocycles. The summed E-state index contributed by atoms with van der Waals surface area (Å²) in [6.07, 6.45) is 1.68. The minimum Gasteiger partial charge on any atom is -0.507 e. The molecule has 0 saturated heterocycles. The van der Waals surface area contributed by atoms with Gasteiger partial charge in [0.05, 0.1) is 29.0 Å². The van der Waals surface area contributed by atoms with Crippen molar-refractivity contribution in [2.45, 2.75) is 11.7 Å². The fourth-order valence-corrected chi connectivity index (χ4v) is 3.69. The van der Waals surface area contributed by atoms with E-state index in [2.05, 4.69) is 26.8 Å². The number of halogens is 1. The minimum absolute atomic E-state index is 0.0478. The predicted molar refractivity (Wildman–Crippen MR) is 119 cm³/mol. The Morgan fingerprint density at radius 3 is 2.77 bits per heavy atom. The normalized spacial score (nSPS) is 10.5. The molecule has 0 unspecified atom stereocenters. The van der Waals surface area contributed by atoms with Crippen LogP contribution in [0, 0.1) is 0 Å². The quantitative estimate of drug-likeness (QED) is 0.298. The van der Waals surface area contributed by atoms with Gasteiger partial charge in [0.15, 0.2) is 11.0 Å². The Labute approximate surface area is 187 Å². The van der Waals surface area contributed by atoms with Crippen LogP contribution in [0.5, 0.6) is 5.75 Å². The number of carbonyl (C=O) groups is 2. The number of rotatable bonds is 8. The summed E-state index contributed by atoms with van der Waals surface area (Å²) in [7, 11) is 1.25. The molecule has 8 nitrogen and oxygen atoms in total. The van der Waals surface area contributed by atoms with Crippen LogP contribution in [0.3, 0.4) is 0 Å². The molecule has 10 heteroatoms. The number of phenolic OH excluding ortho intramolecular Hbond substituents is 1. The average Bonchev–Trinajstić information content (AvgIpc) is 3.16. The third-order valence-electron chi connectivity index (χ3n) is 4.16. The maximum atomic E-state index is 12.4. The lowest BCUT2D eigenvalue weighted by atomic mass is 10.2. The van der Waals surface area contributed by atoms with Crippen molar-refractivity contribution in [1.29, 1.82) is 0 Å². The number of phenols is 1. The highest BCUT2D eigenvalue weighted by Gasteiger charge is 2.18. The Balaban J connectivity index is 1.73. The van der Waals surface area contributed by atoms with Crippen molar-refractivity contribution in [1.82, 2.24) is 14.8 Å². The van der Waals surface area contributed by atoms with Crippen LogP contribution in [0.2, 0.25) is 5.02 Å². The van der Waals surface area contributed by atoms with Gasteiger partial charge in [-0.2, -0.15) is 0 Å². The molecule has 31 heavy (non-hydrogen) atoms. The number of allylic oxidation sites excluding steroid dienone is 1. The van der Waals surface area contributed by atoms with E-state index in [1.807, 2.05) is 0 Å². The molecular formula is C21H19ClN4O4S. The van der Waals surface area contributed by atoms with Gasteiger partial charge in [0.2, 0.25) is 5.91 Å². The van der Waals surface area contributed by atoms with Crippen molar-refractivity contribution in [2.75, 3.05) is 18.2 Å². The van der Waals surface area contributed by atoms with Gasteiger partial charge < -0.3 is 15.2 Å².